The third-order valence-corrected chi connectivity index (χ3v) is 4.76. The van der Waals surface area contributed by atoms with Gasteiger partial charge in [0.1, 0.15) is 29.5 Å². The highest BCUT2D eigenvalue weighted by molar-refractivity contribution is 6.07. The van der Waals surface area contributed by atoms with E-state index in [0.29, 0.717) is 24.3 Å². The largest absolute Gasteiger partial charge is 0.494 e. The van der Waals surface area contributed by atoms with Gasteiger partial charge in [0.05, 0.1) is 13.2 Å². The van der Waals surface area contributed by atoms with Crippen LogP contribution in [0.1, 0.15) is 25.8 Å². The molecule has 2 aromatic carbocycles. The van der Waals surface area contributed by atoms with Gasteiger partial charge in [-0.15, -0.1) is 0 Å². The number of halogens is 1. The molecule has 1 saturated heterocycles. The molecule has 6 nitrogen and oxygen atoms in total. The number of hydrogen-bond donors (Lipinski definition) is 1. The molecule has 0 aliphatic carbocycles. The lowest BCUT2D eigenvalue weighted by atomic mass is 9.87. The summed E-state index contributed by atoms with van der Waals surface area (Å²) in [7, 11) is 0. The van der Waals surface area contributed by atoms with Gasteiger partial charge in [0, 0.05) is 0 Å². The summed E-state index contributed by atoms with van der Waals surface area (Å²) in [5.41, 5.74) is -0.617. The van der Waals surface area contributed by atoms with Crippen molar-refractivity contribution in [2.24, 2.45) is 0 Å². The third kappa shape index (κ3) is 3.78. The topological polar surface area (TPSA) is 67.9 Å². The van der Waals surface area contributed by atoms with Crippen LogP contribution in [0.4, 0.5) is 9.18 Å². The van der Waals surface area contributed by atoms with Crippen LogP contribution in [-0.4, -0.2) is 36.6 Å². The van der Waals surface area contributed by atoms with Crippen LogP contribution in [0.2, 0.25) is 0 Å². The summed E-state index contributed by atoms with van der Waals surface area (Å²) in [6.45, 7) is 4.57. The van der Waals surface area contributed by atoms with Crippen molar-refractivity contribution < 1.29 is 23.5 Å². The van der Waals surface area contributed by atoms with E-state index < -0.39 is 17.4 Å². The van der Waals surface area contributed by atoms with Gasteiger partial charge in [0.15, 0.2) is 0 Å². The third-order valence-electron chi connectivity index (χ3n) is 4.76. The Bertz CT molecular complexity index is 838. The molecule has 0 saturated carbocycles. The fraction of sp³-hybridized carbons (Fsp3) is 0.333. The van der Waals surface area contributed by atoms with E-state index >= 15 is 0 Å². The van der Waals surface area contributed by atoms with Crippen molar-refractivity contribution in [3.63, 3.8) is 0 Å². The zero-order valence-corrected chi connectivity index (χ0v) is 15.9. The van der Waals surface area contributed by atoms with Gasteiger partial charge in [-0.25, -0.2) is 9.18 Å². The van der Waals surface area contributed by atoms with Crippen molar-refractivity contribution in [1.82, 2.24) is 10.2 Å². The second-order valence-electron chi connectivity index (χ2n) is 6.41. The number of carbonyl (C=O) groups excluding carboxylic acids is 2. The predicted molar refractivity (Wildman–Crippen MR) is 102 cm³/mol. The van der Waals surface area contributed by atoms with Gasteiger partial charge in [-0.05, 0) is 55.3 Å². The van der Waals surface area contributed by atoms with Crippen molar-refractivity contribution >= 4 is 11.9 Å². The number of ether oxygens (including phenoxy) is 2. The molecule has 0 aromatic heterocycles. The second kappa shape index (κ2) is 8.29. The highest BCUT2D eigenvalue weighted by Crippen LogP contribution is 2.32. The SMILES string of the molecule is CCOc1ccc(OCCN2C(=O)N[C@](CC)(c3ccc(F)cc3)C2=O)cc1. The number of carbonyl (C=O) groups is 2. The van der Waals surface area contributed by atoms with E-state index in [1.54, 1.807) is 24.3 Å². The molecule has 2 aromatic rings. The van der Waals surface area contributed by atoms with E-state index in [4.69, 9.17) is 9.47 Å². The summed E-state index contributed by atoms with van der Waals surface area (Å²) in [6.07, 6.45) is 0.361. The number of nitrogens with zero attached hydrogens (tertiary/aromatic N) is 1. The minimum Gasteiger partial charge on any atom is -0.494 e. The molecular formula is C21H23FN2O4. The molecule has 28 heavy (non-hydrogen) atoms. The standard InChI is InChI=1S/C21H23FN2O4/c1-3-21(15-5-7-16(22)8-6-15)19(25)24(20(26)23-21)13-14-28-18-11-9-17(10-12-18)27-4-2/h5-12H,3-4,13-14H2,1-2H3,(H,23,26)/t21-/m1/s1. The van der Waals surface area contributed by atoms with Gasteiger partial charge >= 0.3 is 6.03 Å². The maximum atomic E-state index is 13.2. The highest BCUT2D eigenvalue weighted by atomic mass is 19.1. The molecule has 0 bridgehead atoms. The summed E-state index contributed by atoms with van der Waals surface area (Å²) in [6, 6.07) is 12.3. The van der Waals surface area contributed by atoms with Crippen molar-refractivity contribution in [3.05, 3.63) is 59.9 Å². The predicted octanol–water partition coefficient (Wildman–Crippen LogP) is 3.46. The van der Waals surface area contributed by atoms with Gasteiger partial charge in [0.2, 0.25) is 0 Å². The first-order chi connectivity index (χ1) is 13.5. The summed E-state index contributed by atoms with van der Waals surface area (Å²) < 4.78 is 24.3. The minimum atomic E-state index is -1.18. The smallest absolute Gasteiger partial charge is 0.325 e. The summed E-state index contributed by atoms with van der Waals surface area (Å²) in [5, 5.41) is 2.77. The van der Waals surface area contributed by atoms with Crippen LogP contribution in [-0.2, 0) is 10.3 Å². The van der Waals surface area contributed by atoms with Crippen molar-refractivity contribution in [1.29, 1.82) is 0 Å². The average molecular weight is 386 g/mol. The lowest BCUT2D eigenvalue weighted by Gasteiger charge is -2.25. The molecule has 0 spiro atoms. The van der Waals surface area contributed by atoms with Crippen molar-refractivity contribution in [2.75, 3.05) is 19.8 Å². The number of nitrogens with one attached hydrogen (secondary N) is 1. The Hall–Kier alpha value is -3.09. The molecule has 1 aliphatic rings. The normalized spacial score (nSPS) is 18.9. The molecule has 1 aliphatic heterocycles. The van der Waals surface area contributed by atoms with Crippen LogP contribution in [0.3, 0.4) is 0 Å². The molecule has 3 rings (SSSR count). The zero-order valence-electron chi connectivity index (χ0n) is 15.9. The van der Waals surface area contributed by atoms with E-state index in [1.165, 1.54) is 24.3 Å². The molecule has 1 atom stereocenters. The number of hydrogen-bond acceptors (Lipinski definition) is 4. The summed E-state index contributed by atoms with van der Waals surface area (Å²) in [4.78, 5) is 26.5. The molecule has 1 fully saturated rings. The zero-order chi connectivity index (χ0) is 20.1. The first-order valence-corrected chi connectivity index (χ1v) is 9.26. The average Bonchev–Trinajstić information content (AvgIpc) is 2.95. The molecule has 0 radical (unpaired) electrons. The Morgan fingerprint density at radius 3 is 2.14 bits per heavy atom. The Morgan fingerprint density at radius 1 is 0.964 bits per heavy atom. The molecule has 1 heterocycles. The Morgan fingerprint density at radius 2 is 1.57 bits per heavy atom. The Kier molecular flexibility index (Phi) is 5.82. The fourth-order valence-electron chi connectivity index (χ4n) is 3.26. The number of benzene rings is 2. The minimum absolute atomic E-state index is 0.112. The molecular weight excluding hydrogens is 363 g/mol. The maximum absolute atomic E-state index is 13.2. The first-order valence-electron chi connectivity index (χ1n) is 9.26. The maximum Gasteiger partial charge on any atom is 0.325 e. The van der Waals surface area contributed by atoms with Gasteiger partial charge in [-0.3, -0.25) is 9.69 Å². The highest BCUT2D eigenvalue weighted by Gasteiger charge is 2.51. The quantitative estimate of drug-likeness (QED) is 0.706. The van der Waals surface area contributed by atoms with E-state index in [2.05, 4.69) is 5.32 Å². The number of amides is 3. The van der Waals surface area contributed by atoms with Crippen LogP contribution >= 0.6 is 0 Å². The van der Waals surface area contributed by atoms with E-state index in [0.717, 1.165) is 10.6 Å². The number of rotatable bonds is 8. The van der Waals surface area contributed by atoms with Crippen LogP contribution in [0, 0.1) is 5.82 Å². The number of urea groups is 1. The van der Waals surface area contributed by atoms with Gasteiger partial charge < -0.3 is 14.8 Å². The van der Waals surface area contributed by atoms with Crippen LogP contribution in [0.25, 0.3) is 0 Å². The first kappa shape index (κ1) is 19.7. The monoisotopic (exact) mass is 386 g/mol. The summed E-state index contributed by atoms with van der Waals surface area (Å²) in [5.74, 6) is 0.612. The van der Waals surface area contributed by atoms with Crippen LogP contribution in [0.15, 0.2) is 48.5 Å². The molecule has 1 N–H and O–H groups in total. The number of imide groups is 1. The second-order valence-corrected chi connectivity index (χ2v) is 6.41. The van der Waals surface area contributed by atoms with E-state index in [9.17, 15) is 14.0 Å². The fourth-order valence-corrected chi connectivity index (χ4v) is 3.26. The van der Waals surface area contributed by atoms with Crippen LogP contribution < -0.4 is 14.8 Å². The molecule has 7 heteroatoms. The van der Waals surface area contributed by atoms with Gasteiger partial charge in [0.25, 0.3) is 5.91 Å². The Labute approximate surface area is 163 Å². The lowest BCUT2D eigenvalue weighted by Crippen LogP contribution is -2.43. The van der Waals surface area contributed by atoms with E-state index in [-0.39, 0.29) is 19.1 Å². The summed E-state index contributed by atoms with van der Waals surface area (Å²) >= 11 is 0. The van der Waals surface area contributed by atoms with Crippen molar-refractivity contribution in [3.8, 4) is 11.5 Å². The van der Waals surface area contributed by atoms with Crippen molar-refractivity contribution in [2.45, 2.75) is 25.8 Å². The molecule has 148 valence electrons. The molecule has 0 unspecified atom stereocenters. The van der Waals surface area contributed by atoms with Gasteiger partial charge in [-0.2, -0.15) is 0 Å². The molecule has 3 amide bonds. The van der Waals surface area contributed by atoms with E-state index in [1.807, 2.05) is 13.8 Å². The lowest BCUT2D eigenvalue weighted by molar-refractivity contribution is -0.132. The van der Waals surface area contributed by atoms with Crippen LogP contribution in [0.5, 0.6) is 11.5 Å². The Balaban J connectivity index is 1.65. The van der Waals surface area contributed by atoms with Gasteiger partial charge in [-0.1, -0.05) is 19.1 Å².